The number of halogens is 1. The molecule has 1 heterocycles. The first-order valence-electron chi connectivity index (χ1n) is 7.31. The Balaban J connectivity index is 1.95. The Morgan fingerprint density at radius 1 is 1.29 bits per heavy atom. The van der Waals surface area contributed by atoms with Crippen LogP contribution in [0.15, 0.2) is 41.6 Å². The molecule has 0 bridgehead atoms. The minimum absolute atomic E-state index is 0.203. The van der Waals surface area contributed by atoms with E-state index in [1.54, 1.807) is 19.1 Å². The highest BCUT2D eigenvalue weighted by Gasteiger charge is 2.09. The molecular formula is C17H17IN2O3S. The molecule has 1 amide bonds. The molecule has 0 unspecified atom stereocenters. The molecule has 2 aromatic rings. The number of hydrogen-bond acceptors (Lipinski definition) is 5. The molecule has 0 atom stereocenters. The van der Waals surface area contributed by atoms with E-state index in [2.05, 4.69) is 32.9 Å². The van der Waals surface area contributed by atoms with Gasteiger partial charge < -0.3 is 10.1 Å². The van der Waals surface area contributed by atoms with Gasteiger partial charge in [0.05, 0.1) is 22.9 Å². The van der Waals surface area contributed by atoms with Crippen LogP contribution in [0.2, 0.25) is 0 Å². The molecule has 126 valence electrons. The van der Waals surface area contributed by atoms with Gasteiger partial charge in [0.1, 0.15) is 0 Å². The summed E-state index contributed by atoms with van der Waals surface area (Å²) in [4.78, 5) is 27.7. The van der Waals surface area contributed by atoms with Crippen LogP contribution in [-0.4, -0.2) is 29.2 Å². The summed E-state index contributed by atoms with van der Waals surface area (Å²) in [6, 6.07) is 9.16. The van der Waals surface area contributed by atoms with Crippen molar-refractivity contribution in [1.82, 2.24) is 4.98 Å². The summed E-state index contributed by atoms with van der Waals surface area (Å²) in [7, 11) is 0. The molecule has 24 heavy (non-hydrogen) atoms. The molecule has 1 aromatic carbocycles. The number of aryl methyl sites for hydroxylation is 1. The van der Waals surface area contributed by atoms with Crippen molar-refractivity contribution in [3.05, 3.63) is 51.2 Å². The Hall–Kier alpha value is -1.61. The number of aromatic nitrogens is 1. The van der Waals surface area contributed by atoms with Crippen LogP contribution in [0.5, 0.6) is 0 Å². The maximum absolute atomic E-state index is 12.2. The van der Waals surface area contributed by atoms with Gasteiger partial charge in [0.2, 0.25) is 0 Å². The zero-order valence-electron chi connectivity index (χ0n) is 13.3. The molecule has 0 aliphatic heterocycles. The molecule has 7 heteroatoms. The van der Waals surface area contributed by atoms with Gasteiger partial charge in [0.25, 0.3) is 5.91 Å². The van der Waals surface area contributed by atoms with Gasteiger partial charge in [-0.15, -0.1) is 0 Å². The van der Waals surface area contributed by atoms with Crippen LogP contribution in [0.1, 0.15) is 22.8 Å². The Morgan fingerprint density at radius 2 is 2.08 bits per heavy atom. The molecule has 0 saturated carbocycles. The molecular weight excluding hydrogens is 439 g/mol. The predicted molar refractivity (Wildman–Crippen MR) is 103 cm³/mol. The van der Waals surface area contributed by atoms with Crippen molar-refractivity contribution >= 4 is 51.9 Å². The largest absolute Gasteiger partial charge is 0.465 e. The summed E-state index contributed by atoms with van der Waals surface area (Å²) in [5.74, 6) is -0.294. The van der Waals surface area contributed by atoms with Crippen molar-refractivity contribution in [3.8, 4) is 0 Å². The zero-order chi connectivity index (χ0) is 17.5. The quantitative estimate of drug-likeness (QED) is 0.406. The third-order valence-corrected chi connectivity index (χ3v) is 5.15. The third-order valence-electron chi connectivity index (χ3n) is 3.07. The SMILES string of the molecule is CCOC(=O)CSc1ccc(C(=O)Nc2ccc(C)c(I)c2)cn1. The van der Waals surface area contributed by atoms with Gasteiger partial charge in [-0.3, -0.25) is 9.59 Å². The van der Waals surface area contributed by atoms with Gasteiger partial charge in [-0.1, -0.05) is 17.8 Å². The molecule has 0 saturated heterocycles. The fraction of sp³-hybridized carbons (Fsp3) is 0.235. The Morgan fingerprint density at radius 3 is 2.71 bits per heavy atom. The number of carbonyl (C=O) groups excluding carboxylic acids is 2. The number of esters is 1. The van der Waals surface area contributed by atoms with Gasteiger partial charge in [-0.2, -0.15) is 0 Å². The molecule has 5 nitrogen and oxygen atoms in total. The fourth-order valence-electron chi connectivity index (χ4n) is 1.81. The van der Waals surface area contributed by atoms with Crippen LogP contribution in [0, 0.1) is 10.5 Å². The van der Waals surface area contributed by atoms with Gasteiger partial charge in [-0.25, -0.2) is 4.98 Å². The summed E-state index contributed by atoms with van der Waals surface area (Å²) in [6.45, 7) is 4.15. The number of hydrogen-bond donors (Lipinski definition) is 1. The number of anilines is 1. The van der Waals surface area contributed by atoms with Crippen molar-refractivity contribution in [2.75, 3.05) is 17.7 Å². The lowest BCUT2D eigenvalue weighted by Crippen LogP contribution is -2.12. The number of nitrogens with one attached hydrogen (secondary N) is 1. The molecule has 0 aliphatic carbocycles. The second-order valence-corrected chi connectivity index (χ2v) is 7.05. The number of amides is 1. The van der Waals surface area contributed by atoms with Gasteiger partial charge in [-0.05, 0) is 66.3 Å². The lowest BCUT2D eigenvalue weighted by Gasteiger charge is -2.07. The minimum atomic E-state index is -0.278. The predicted octanol–water partition coefficient (Wildman–Crippen LogP) is 3.90. The maximum atomic E-state index is 12.2. The van der Waals surface area contributed by atoms with Crippen LogP contribution < -0.4 is 5.32 Å². The highest BCUT2D eigenvalue weighted by atomic mass is 127. The molecule has 0 fully saturated rings. The van der Waals surface area contributed by atoms with Crippen LogP contribution >= 0.6 is 34.4 Å². The van der Waals surface area contributed by atoms with Gasteiger partial charge >= 0.3 is 5.97 Å². The van der Waals surface area contributed by atoms with E-state index in [9.17, 15) is 9.59 Å². The van der Waals surface area contributed by atoms with Crippen molar-refractivity contribution in [2.24, 2.45) is 0 Å². The standard InChI is InChI=1S/C17H17IN2O3S/c1-3-23-16(21)10-24-15-7-5-12(9-19-15)17(22)20-13-6-4-11(2)14(18)8-13/h4-9H,3,10H2,1-2H3,(H,20,22). The maximum Gasteiger partial charge on any atom is 0.316 e. The lowest BCUT2D eigenvalue weighted by atomic mass is 10.2. The monoisotopic (exact) mass is 456 g/mol. The number of nitrogens with zero attached hydrogens (tertiary/aromatic N) is 1. The van der Waals surface area contributed by atoms with E-state index in [0.29, 0.717) is 17.2 Å². The second kappa shape index (κ2) is 9.03. The normalized spacial score (nSPS) is 10.3. The summed E-state index contributed by atoms with van der Waals surface area (Å²) >= 11 is 3.51. The van der Waals surface area contributed by atoms with Crippen molar-refractivity contribution in [2.45, 2.75) is 18.9 Å². The fourth-order valence-corrected chi connectivity index (χ4v) is 2.97. The number of ether oxygens (including phenoxy) is 1. The first-order valence-corrected chi connectivity index (χ1v) is 9.38. The topological polar surface area (TPSA) is 68.3 Å². The lowest BCUT2D eigenvalue weighted by molar-refractivity contribution is -0.139. The van der Waals surface area contributed by atoms with Crippen LogP contribution in [0.25, 0.3) is 0 Å². The summed E-state index contributed by atoms with van der Waals surface area (Å²) in [5, 5.41) is 3.52. The van der Waals surface area contributed by atoms with E-state index in [1.165, 1.54) is 23.5 Å². The zero-order valence-corrected chi connectivity index (χ0v) is 16.3. The van der Waals surface area contributed by atoms with E-state index in [0.717, 1.165) is 9.26 Å². The number of rotatable bonds is 6. The van der Waals surface area contributed by atoms with Crippen molar-refractivity contribution < 1.29 is 14.3 Å². The minimum Gasteiger partial charge on any atom is -0.465 e. The average Bonchev–Trinajstić information content (AvgIpc) is 2.57. The molecule has 2 rings (SSSR count). The van der Waals surface area contributed by atoms with Gasteiger partial charge in [0, 0.05) is 15.5 Å². The molecule has 1 N–H and O–H groups in total. The smallest absolute Gasteiger partial charge is 0.316 e. The highest BCUT2D eigenvalue weighted by Crippen LogP contribution is 2.19. The van der Waals surface area contributed by atoms with E-state index in [4.69, 9.17) is 4.74 Å². The van der Waals surface area contributed by atoms with E-state index < -0.39 is 0 Å². The van der Waals surface area contributed by atoms with Gasteiger partial charge in [0.15, 0.2) is 0 Å². The summed E-state index contributed by atoms with van der Waals surface area (Å²) in [6.07, 6.45) is 1.50. The first-order chi connectivity index (χ1) is 11.5. The molecule has 0 spiro atoms. The highest BCUT2D eigenvalue weighted by molar-refractivity contribution is 14.1. The number of carbonyl (C=O) groups is 2. The third kappa shape index (κ3) is 5.48. The number of pyridine rings is 1. The average molecular weight is 456 g/mol. The number of thioether (sulfide) groups is 1. The Kier molecular flexibility index (Phi) is 7.04. The van der Waals surface area contributed by atoms with E-state index >= 15 is 0 Å². The molecule has 0 radical (unpaired) electrons. The van der Waals surface area contributed by atoms with Crippen LogP contribution in [0.4, 0.5) is 5.69 Å². The van der Waals surface area contributed by atoms with Crippen molar-refractivity contribution in [3.63, 3.8) is 0 Å². The summed E-state index contributed by atoms with van der Waals surface area (Å²) in [5.41, 5.74) is 2.38. The number of benzene rings is 1. The Labute approximate surface area is 158 Å². The van der Waals surface area contributed by atoms with Crippen LogP contribution in [0.3, 0.4) is 0 Å². The molecule has 0 aliphatic rings. The summed E-state index contributed by atoms with van der Waals surface area (Å²) < 4.78 is 5.95. The van der Waals surface area contributed by atoms with E-state index in [-0.39, 0.29) is 17.6 Å². The molecule has 1 aromatic heterocycles. The van der Waals surface area contributed by atoms with E-state index in [1.807, 2.05) is 25.1 Å². The Bertz CT molecular complexity index is 735. The second-order valence-electron chi connectivity index (χ2n) is 4.90. The van der Waals surface area contributed by atoms with Crippen LogP contribution in [-0.2, 0) is 9.53 Å². The first kappa shape index (κ1) is 18.7. The van der Waals surface area contributed by atoms with Crippen molar-refractivity contribution in [1.29, 1.82) is 0 Å².